The molecule has 0 aliphatic rings. The van der Waals surface area contributed by atoms with E-state index in [1.54, 1.807) is 0 Å². The van der Waals surface area contributed by atoms with Gasteiger partial charge in [0.05, 0.1) is 5.56 Å². The van der Waals surface area contributed by atoms with Crippen LogP contribution in [0.3, 0.4) is 0 Å². The first-order chi connectivity index (χ1) is 9.88. The lowest BCUT2D eigenvalue weighted by Crippen LogP contribution is -2.29. The minimum absolute atomic E-state index is 0.0156. The third-order valence-corrected chi connectivity index (χ3v) is 2.70. The van der Waals surface area contributed by atoms with E-state index in [0.29, 0.717) is 5.56 Å². The molecule has 0 bridgehead atoms. The number of nitrogen functional groups attached to an aromatic ring is 2. The number of nitrogens with zero attached hydrogens (tertiary/aromatic N) is 2. The molecule has 0 unspecified atom stereocenters. The standard InChI is InChI=1S/C13H15FN4O3/c1-6(19)12(20)21-11-9(10(15)17-13(16)18-11)7-2-4-8(14)5-3-7/h2-6,12,19-20H,1H3,(H4,15,16,17,18)/t6-,12-/m1/s1. The lowest BCUT2D eigenvalue weighted by molar-refractivity contribution is -0.0976. The van der Waals surface area contributed by atoms with Gasteiger partial charge in [0.1, 0.15) is 17.7 Å². The average molecular weight is 294 g/mol. The Labute approximate surface area is 120 Å². The molecule has 1 heterocycles. The molecule has 1 aromatic carbocycles. The van der Waals surface area contributed by atoms with E-state index in [0.717, 1.165) is 0 Å². The molecule has 0 amide bonds. The molecule has 2 atom stereocenters. The lowest BCUT2D eigenvalue weighted by Gasteiger charge is -2.18. The number of aliphatic hydroxyl groups is 2. The Kier molecular flexibility index (Phi) is 4.20. The molecule has 2 aromatic rings. The average Bonchev–Trinajstić information content (AvgIpc) is 2.39. The maximum atomic E-state index is 13.0. The summed E-state index contributed by atoms with van der Waals surface area (Å²) >= 11 is 0. The summed E-state index contributed by atoms with van der Waals surface area (Å²) in [4.78, 5) is 7.67. The number of benzene rings is 1. The number of ether oxygens (including phenoxy) is 1. The van der Waals surface area contributed by atoms with Crippen LogP contribution in [-0.2, 0) is 0 Å². The first kappa shape index (κ1) is 14.9. The second-order valence-electron chi connectivity index (χ2n) is 4.40. The number of hydrogen-bond donors (Lipinski definition) is 4. The van der Waals surface area contributed by atoms with E-state index in [9.17, 15) is 14.6 Å². The topological polar surface area (TPSA) is 128 Å². The number of anilines is 2. The zero-order valence-corrected chi connectivity index (χ0v) is 11.2. The summed E-state index contributed by atoms with van der Waals surface area (Å²) in [6.07, 6.45) is -2.67. The molecule has 0 saturated heterocycles. The van der Waals surface area contributed by atoms with Gasteiger partial charge in [-0.15, -0.1) is 0 Å². The maximum Gasteiger partial charge on any atom is 0.230 e. The fourth-order valence-corrected chi connectivity index (χ4v) is 1.66. The third-order valence-electron chi connectivity index (χ3n) is 2.70. The smallest absolute Gasteiger partial charge is 0.230 e. The van der Waals surface area contributed by atoms with Crippen molar-refractivity contribution in [2.24, 2.45) is 0 Å². The van der Waals surface area contributed by atoms with Crippen molar-refractivity contribution in [3.8, 4) is 17.0 Å². The fourth-order valence-electron chi connectivity index (χ4n) is 1.66. The van der Waals surface area contributed by atoms with Gasteiger partial charge in [-0.2, -0.15) is 9.97 Å². The molecule has 0 saturated carbocycles. The van der Waals surface area contributed by atoms with Crippen molar-refractivity contribution in [3.63, 3.8) is 0 Å². The molecule has 6 N–H and O–H groups in total. The van der Waals surface area contributed by atoms with Crippen LogP contribution >= 0.6 is 0 Å². The molecule has 0 radical (unpaired) electrons. The van der Waals surface area contributed by atoms with Gasteiger partial charge in [-0.25, -0.2) is 4.39 Å². The maximum absolute atomic E-state index is 13.0. The van der Waals surface area contributed by atoms with Gasteiger partial charge >= 0.3 is 0 Å². The van der Waals surface area contributed by atoms with Gasteiger partial charge in [0, 0.05) is 0 Å². The van der Waals surface area contributed by atoms with Gasteiger partial charge in [-0.1, -0.05) is 12.1 Å². The molecule has 2 rings (SSSR count). The molecule has 0 fully saturated rings. The van der Waals surface area contributed by atoms with Gasteiger partial charge in [-0.05, 0) is 24.6 Å². The predicted molar refractivity (Wildman–Crippen MR) is 74.6 cm³/mol. The van der Waals surface area contributed by atoms with Crippen LogP contribution in [0, 0.1) is 5.82 Å². The number of nitrogens with two attached hydrogens (primary N) is 2. The second kappa shape index (κ2) is 5.90. The van der Waals surface area contributed by atoms with Crippen LogP contribution in [0.4, 0.5) is 16.2 Å². The third kappa shape index (κ3) is 3.36. The van der Waals surface area contributed by atoms with Crippen LogP contribution in [0.5, 0.6) is 5.88 Å². The first-order valence-corrected chi connectivity index (χ1v) is 6.10. The van der Waals surface area contributed by atoms with Crippen LogP contribution in [0.15, 0.2) is 24.3 Å². The normalized spacial score (nSPS) is 13.7. The summed E-state index contributed by atoms with van der Waals surface area (Å²) < 4.78 is 18.2. The molecular formula is C13H15FN4O3. The van der Waals surface area contributed by atoms with E-state index in [1.807, 2.05) is 0 Å². The van der Waals surface area contributed by atoms with Crippen molar-refractivity contribution in [1.29, 1.82) is 0 Å². The molecule has 0 aliphatic carbocycles. The van der Waals surface area contributed by atoms with Gasteiger partial charge in [-0.3, -0.25) is 0 Å². The summed E-state index contributed by atoms with van der Waals surface area (Å²) in [5.41, 5.74) is 12.0. The number of rotatable bonds is 4. The van der Waals surface area contributed by atoms with E-state index < -0.39 is 18.2 Å². The zero-order valence-electron chi connectivity index (χ0n) is 11.2. The van der Waals surface area contributed by atoms with Crippen LogP contribution in [0.25, 0.3) is 11.1 Å². The van der Waals surface area contributed by atoms with Crippen molar-refractivity contribution in [3.05, 3.63) is 30.1 Å². The second-order valence-corrected chi connectivity index (χ2v) is 4.40. The molecule has 1 aromatic heterocycles. The SMILES string of the molecule is C[C@@H](O)[C@H](O)Oc1nc(N)nc(N)c1-c1ccc(F)cc1. The van der Waals surface area contributed by atoms with E-state index in [1.165, 1.54) is 31.2 Å². The van der Waals surface area contributed by atoms with Crippen LogP contribution in [0.1, 0.15) is 6.92 Å². The largest absolute Gasteiger partial charge is 0.444 e. The van der Waals surface area contributed by atoms with Crippen molar-refractivity contribution >= 4 is 11.8 Å². The number of aliphatic hydroxyl groups excluding tert-OH is 2. The monoisotopic (exact) mass is 294 g/mol. The molecule has 21 heavy (non-hydrogen) atoms. The lowest BCUT2D eigenvalue weighted by atomic mass is 10.1. The van der Waals surface area contributed by atoms with Gasteiger partial charge in [0.15, 0.2) is 0 Å². The molecule has 8 heteroatoms. The number of halogens is 1. The Hall–Kier alpha value is -2.45. The molecule has 0 spiro atoms. The van der Waals surface area contributed by atoms with E-state index in [4.69, 9.17) is 16.2 Å². The highest BCUT2D eigenvalue weighted by Gasteiger charge is 2.20. The predicted octanol–water partition coefficient (Wildman–Crippen LogP) is 0.525. The van der Waals surface area contributed by atoms with Crippen molar-refractivity contribution in [1.82, 2.24) is 9.97 Å². The number of aromatic nitrogens is 2. The Morgan fingerprint density at radius 3 is 2.33 bits per heavy atom. The van der Waals surface area contributed by atoms with E-state index in [2.05, 4.69) is 9.97 Å². The van der Waals surface area contributed by atoms with Crippen molar-refractivity contribution in [2.75, 3.05) is 11.5 Å². The summed E-state index contributed by atoms with van der Waals surface area (Å²) in [7, 11) is 0. The van der Waals surface area contributed by atoms with Crippen LogP contribution in [0.2, 0.25) is 0 Å². The summed E-state index contributed by atoms with van der Waals surface area (Å²) in [5, 5.41) is 18.9. The Morgan fingerprint density at radius 2 is 1.76 bits per heavy atom. The van der Waals surface area contributed by atoms with E-state index in [-0.39, 0.29) is 23.2 Å². The molecule has 7 nitrogen and oxygen atoms in total. The van der Waals surface area contributed by atoms with Gasteiger partial charge in [0.25, 0.3) is 0 Å². The summed E-state index contributed by atoms with van der Waals surface area (Å²) in [6.45, 7) is 1.34. The highest BCUT2D eigenvalue weighted by molar-refractivity contribution is 5.79. The quantitative estimate of drug-likeness (QED) is 0.605. The van der Waals surface area contributed by atoms with Crippen molar-refractivity contribution in [2.45, 2.75) is 19.3 Å². The molecule has 112 valence electrons. The minimum Gasteiger partial charge on any atom is -0.444 e. The Bertz CT molecular complexity index is 634. The highest BCUT2D eigenvalue weighted by Crippen LogP contribution is 2.34. The van der Waals surface area contributed by atoms with E-state index >= 15 is 0 Å². The van der Waals surface area contributed by atoms with Crippen LogP contribution < -0.4 is 16.2 Å². The van der Waals surface area contributed by atoms with Gasteiger partial charge in [0.2, 0.25) is 18.1 Å². The fraction of sp³-hybridized carbons (Fsp3) is 0.231. The highest BCUT2D eigenvalue weighted by atomic mass is 19.1. The zero-order chi connectivity index (χ0) is 15.6. The molecule has 0 aliphatic heterocycles. The summed E-state index contributed by atoms with van der Waals surface area (Å²) in [5.74, 6) is -0.645. The Balaban J connectivity index is 2.50. The first-order valence-electron chi connectivity index (χ1n) is 6.10. The number of hydrogen-bond acceptors (Lipinski definition) is 7. The van der Waals surface area contributed by atoms with Gasteiger partial charge < -0.3 is 26.4 Å². The van der Waals surface area contributed by atoms with Crippen molar-refractivity contribution < 1.29 is 19.3 Å². The Morgan fingerprint density at radius 1 is 1.14 bits per heavy atom. The minimum atomic E-state index is -1.52. The van der Waals surface area contributed by atoms with Crippen LogP contribution in [-0.4, -0.2) is 32.6 Å². The molecular weight excluding hydrogens is 279 g/mol. The summed E-state index contributed by atoms with van der Waals surface area (Å²) in [6, 6.07) is 5.39.